The lowest BCUT2D eigenvalue weighted by Gasteiger charge is -2.14. The minimum absolute atomic E-state index is 0.0354. The molecular formula is C14H19FN2O. The van der Waals surface area contributed by atoms with E-state index in [1.54, 1.807) is 12.1 Å². The van der Waals surface area contributed by atoms with Crippen LogP contribution in [-0.2, 0) is 11.2 Å². The summed E-state index contributed by atoms with van der Waals surface area (Å²) in [5.41, 5.74) is 0.652. The molecule has 1 aromatic rings. The van der Waals surface area contributed by atoms with E-state index in [1.165, 1.54) is 18.9 Å². The quantitative estimate of drug-likeness (QED) is 0.860. The van der Waals surface area contributed by atoms with Crippen molar-refractivity contribution in [3.63, 3.8) is 0 Å². The van der Waals surface area contributed by atoms with Gasteiger partial charge in [0.15, 0.2) is 0 Å². The molecule has 1 N–H and O–H groups in total. The molecule has 98 valence electrons. The van der Waals surface area contributed by atoms with Crippen LogP contribution in [0, 0.1) is 5.82 Å². The molecule has 2 rings (SSSR count). The van der Waals surface area contributed by atoms with Gasteiger partial charge in [0.1, 0.15) is 5.82 Å². The third-order valence-electron chi connectivity index (χ3n) is 3.24. The van der Waals surface area contributed by atoms with Crippen LogP contribution in [0.5, 0.6) is 0 Å². The number of halogens is 1. The number of carbonyl (C=O) groups is 1. The van der Waals surface area contributed by atoms with Crippen molar-refractivity contribution in [3.05, 3.63) is 35.6 Å². The Morgan fingerprint density at radius 1 is 1.28 bits per heavy atom. The van der Waals surface area contributed by atoms with E-state index in [0.717, 1.165) is 13.1 Å². The van der Waals surface area contributed by atoms with Gasteiger partial charge >= 0.3 is 0 Å². The van der Waals surface area contributed by atoms with Gasteiger partial charge in [-0.15, -0.1) is 0 Å². The van der Waals surface area contributed by atoms with Gasteiger partial charge in [-0.1, -0.05) is 18.2 Å². The minimum Gasteiger partial charge on any atom is -0.355 e. The Morgan fingerprint density at radius 2 is 2.00 bits per heavy atom. The van der Waals surface area contributed by atoms with E-state index in [4.69, 9.17) is 0 Å². The fraction of sp³-hybridized carbons (Fsp3) is 0.500. The monoisotopic (exact) mass is 250 g/mol. The molecule has 0 unspecified atom stereocenters. The molecule has 1 fully saturated rings. The van der Waals surface area contributed by atoms with Crippen molar-refractivity contribution in [2.24, 2.45) is 0 Å². The molecule has 1 saturated heterocycles. The largest absolute Gasteiger partial charge is 0.355 e. The highest BCUT2D eigenvalue weighted by atomic mass is 19.1. The van der Waals surface area contributed by atoms with Crippen LogP contribution in [0.3, 0.4) is 0 Å². The Balaban J connectivity index is 1.68. The molecule has 0 radical (unpaired) electrons. The van der Waals surface area contributed by atoms with Gasteiger partial charge in [0, 0.05) is 6.54 Å². The highest BCUT2D eigenvalue weighted by Crippen LogP contribution is 2.07. The number of hydrogen-bond donors (Lipinski definition) is 1. The Kier molecular flexibility index (Phi) is 4.70. The van der Waals surface area contributed by atoms with Crippen LogP contribution in [0.15, 0.2) is 24.3 Å². The van der Waals surface area contributed by atoms with E-state index in [1.807, 2.05) is 6.07 Å². The minimum atomic E-state index is -0.203. The number of likely N-dealkylation sites (tertiary alicyclic amines) is 1. The first kappa shape index (κ1) is 13.0. The molecule has 1 aromatic carbocycles. The lowest BCUT2D eigenvalue weighted by Crippen LogP contribution is -2.36. The van der Waals surface area contributed by atoms with Crippen molar-refractivity contribution < 1.29 is 9.18 Å². The average Bonchev–Trinajstić information content (AvgIpc) is 2.84. The van der Waals surface area contributed by atoms with E-state index in [9.17, 15) is 9.18 Å². The maximum Gasteiger partial charge on any atom is 0.234 e. The van der Waals surface area contributed by atoms with Crippen LogP contribution in [0.2, 0.25) is 0 Å². The van der Waals surface area contributed by atoms with Crippen LogP contribution in [0.1, 0.15) is 18.4 Å². The normalized spacial score (nSPS) is 15.8. The summed E-state index contributed by atoms with van der Waals surface area (Å²) in [6.45, 7) is 2.99. The summed E-state index contributed by atoms with van der Waals surface area (Å²) in [5.74, 6) is -0.167. The highest BCUT2D eigenvalue weighted by molar-refractivity contribution is 5.78. The van der Waals surface area contributed by atoms with Crippen molar-refractivity contribution in [1.29, 1.82) is 0 Å². The summed E-state index contributed by atoms with van der Waals surface area (Å²) in [7, 11) is 0. The van der Waals surface area contributed by atoms with Crippen molar-refractivity contribution >= 4 is 5.91 Å². The zero-order valence-corrected chi connectivity index (χ0v) is 10.5. The Labute approximate surface area is 107 Å². The van der Waals surface area contributed by atoms with Crippen LogP contribution < -0.4 is 5.32 Å². The zero-order valence-electron chi connectivity index (χ0n) is 10.5. The first-order valence-corrected chi connectivity index (χ1v) is 6.48. The third kappa shape index (κ3) is 3.81. The number of rotatable bonds is 5. The summed E-state index contributed by atoms with van der Waals surface area (Å²) >= 11 is 0. The van der Waals surface area contributed by atoms with Crippen molar-refractivity contribution in [1.82, 2.24) is 10.2 Å². The smallest absolute Gasteiger partial charge is 0.234 e. The predicted molar refractivity (Wildman–Crippen MR) is 68.8 cm³/mol. The molecule has 18 heavy (non-hydrogen) atoms. The van der Waals surface area contributed by atoms with E-state index in [-0.39, 0.29) is 11.7 Å². The fourth-order valence-electron chi connectivity index (χ4n) is 2.24. The Bertz CT molecular complexity index is 403. The molecule has 0 atom stereocenters. The molecule has 0 saturated carbocycles. The van der Waals surface area contributed by atoms with Crippen molar-refractivity contribution in [2.45, 2.75) is 19.3 Å². The molecule has 0 spiro atoms. The number of amides is 1. The summed E-state index contributed by atoms with van der Waals surface area (Å²) in [5, 5.41) is 2.84. The fourth-order valence-corrected chi connectivity index (χ4v) is 2.24. The molecular weight excluding hydrogens is 231 g/mol. The third-order valence-corrected chi connectivity index (χ3v) is 3.24. The molecule has 1 aliphatic rings. The molecule has 4 heteroatoms. The van der Waals surface area contributed by atoms with Gasteiger partial charge < -0.3 is 5.32 Å². The van der Waals surface area contributed by atoms with Crippen LogP contribution >= 0.6 is 0 Å². The van der Waals surface area contributed by atoms with Gasteiger partial charge in [-0.3, -0.25) is 9.69 Å². The van der Waals surface area contributed by atoms with Crippen LogP contribution in [-0.4, -0.2) is 37.0 Å². The van der Waals surface area contributed by atoms with E-state index < -0.39 is 0 Å². The molecule has 1 aliphatic heterocycles. The predicted octanol–water partition coefficient (Wildman–Crippen LogP) is 1.58. The van der Waals surface area contributed by atoms with Gasteiger partial charge in [0.25, 0.3) is 0 Å². The zero-order chi connectivity index (χ0) is 12.8. The maximum absolute atomic E-state index is 13.3. The first-order chi connectivity index (χ1) is 8.75. The summed E-state index contributed by atoms with van der Waals surface area (Å²) in [4.78, 5) is 13.8. The molecule has 3 nitrogen and oxygen atoms in total. The standard InChI is InChI=1S/C14H19FN2O/c15-13-6-2-1-5-12(13)7-8-16-14(18)11-17-9-3-4-10-17/h1-2,5-6H,3-4,7-11H2,(H,16,18). The van der Waals surface area contributed by atoms with E-state index in [2.05, 4.69) is 10.2 Å². The van der Waals surface area contributed by atoms with Crippen LogP contribution in [0.4, 0.5) is 4.39 Å². The summed E-state index contributed by atoms with van der Waals surface area (Å²) < 4.78 is 13.3. The SMILES string of the molecule is O=C(CN1CCCC1)NCCc1ccccc1F. The Morgan fingerprint density at radius 3 is 2.72 bits per heavy atom. The topological polar surface area (TPSA) is 32.3 Å². The number of carbonyl (C=O) groups excluding carboxylic acids is 1. The lowest BCUT2D eigenvalue weighted by molar-refractivity contribution is -0.121. The van der Waals surface area contributed by atoms with Gasteiger partial charge in [0.2, 0.25) is 5.91 Å². The second kappa shape index (κ2) is 6.50. The second-order valence-electron chi connectivity index (χ2n) is 4.67. The van der Waals surface area contributed by atoms with Gasteiger partial charge in [-0.25, -0.2) is 4.39 Å². The van der Waals surface area contributed by atoms with Crippen molar-refractivity contribution in [3.8, 4) is 0 Å². The molecule has 0 aromatic heterocycles. The lowest BCUT2D eigenvalue weighted by atomic mass is 10.1. The van der Waals surface area contributed by atoms with Gasteiger partial charge in [-0.05, 0) is 44.0 Å². The molecule has 0 bridgehead atoms. The van der Waals surface area contributed by atoms with Crippen LogP contribution in [0.25, 0.3) is 0 Å². The van der Waals surface area contributed by atoms with E-state index >= 15 is 0 Å². The number of benzene rings is 1. The number of nitrogens with one attached hydrogen (secondary N) is 1. The first-order valence-electron chi connectivity index (χ1n) is 6.48. The summed E-state index contributed by atoms with van der Waals surface area (Å²) in [6, 6.07) is 6.68. The van der Waals surface area contributed by atoms with Gasteiger partial charge in [0.05, 0.1) is 6.54 Å². The average molecular weight is 250 g/mol. The number of hydrogen-bond acceptors (Lipinski definition) is 2. The second-order valence-corrected chi connectivity index (χ2v) is 4.67. The molecule has 1 heterocycles. The Hall–Kier alpha value is -1.42. The molecule has 0 aliphatic carbocycles. The number of nitrogens with zero attached hydrogens (tertiary/aromatic N) is 1. The highest BCUT2D eigenvalue weighted by Gasteiger charge is 2.14. The molecule has 1 amide bonds. The summed E-state index contributed by atoms with van der Waals surface area (Å²) in [6.07, 6.45) is 2.91. The van der Waals surface area contributed by atoms with Gasteiger partial charge in [-0.2, -0.15) is 0 Å². The van der Waals surface area contributed by atoms with E-state index in [0.29, 0.717) is 25.1 Å². The van der Waals surface area contributed by atoms with Crippen molar-refractivity contribution in [2.75, 3.05) is 26.2 Å². The maximum atomic E-state index is 13.3.